The molecule has 1 atom stereocenters. The molecule has 0 aliphatic carbocycles. The predicted octanol–water partition coefficient (Wildman–Crippen LogP) is 1.23. The lowest BCUT2D eigenvalue weighted by Crippen LogP contribution is -2.21. The molecule has 1 aliphatic rings. The van der Waals surface area contributed by atoms with Crippen LogP contribution in [0.5, 0.6) is 0 Å². The summed E-state index contributed by atoms with van der Waals surface area (Å²) in [5.41, 5.74) is 1.11. The molecule has 4 heteroatoms. The van der Waals surface area contributed by atoms with Gasteiger partial charge in [0, 0.05) is 18.0 Å². The van der Waals surface area contributed by atoms with Crippen LogP contribution in [0.25, 0.3) is 0 Å². The third-order valence-corrected chi connectivity index (χ3v) is 2.90. The molecule has 0 aromatic carbocycles. The average molecular weight is 183 g/mol. The van der Waals surface area contributed by atoms with Crippen LogP contribution in [0.1, 0.15) is 12.1 Å². The smallest absolute Gasteiger partial charge is 0.183 e. The summed E-state index contributed by atoms with van der Waals surface area (Å²) in [6.07, 6.45) is 1.21. The first-order valence-electron chi connectivity index (χ1n) is 4.24. The molecule has 0 amide bonds. The monoisotopic (exact) mass is 183 g/mol. The first-order valence-corrected chi connectivity index (χ1v) is 5.12. The van der Waals surface area contributed by atoms with Crippen LogP contribution in [0.3, 0.4) is 0 Å². The summed E-state index contributed by atoms with van der Waals surface area (Å²) in [5.74, 6) is 0. The fourth-order valence-corrected chi connectivity index (χ4v) is 2.14. The number of anilines is 1. The molecule has 0 saturated carbocycles. The van der Waals surface area contributed by atoms with Crippen molar-refractivity contribution in [3.8, 4) is 0 Å². The van der Waals surface area contributed by atoms with Crippen LogP contribution in [0.15, 0.2) is 5.38 Å². The Morgan fingerprint density at radius 3 is 3.25 bits per heavy atom. The molecule has 0 spiro atoms. The number of nitrogens with zero attached hydrogens (tertiary/aromatic N) is 1. The second-order valence-corrected chi connectivity index (χ2v) is 3.99. The van der Waals surface area contributed by atoms with E-state index in [1.807, 2.05) is 6.92 Å². The Morgan fingerprint density at radius 1 is 1.75 bits per heavy atom. The van der Waals surface area contributed by atoms with Gasteiger partial charge in [0.1, 0.15) is 0 Å². The molecule has 3 nitrogen and oxygen atoms in total. The summed E-state index contributed by atoms with van der Waals surface area (Å²) in [4.78, 5) is 4.35. The maximum Gasteiger partial charge on any atom is 0.183 e. The van der Waals surface area contributed by atoms with Crippen molar-refractivity contribution < 1.29 is 0 Å². The van der Waals surface area contributed by atoms with E-state index >= 15 is 0 Å². The number of aryl methyl sites for hydroxylation is 1. The molecule has 1 aromatic heterocycles. The van der Waals surface area contributed by atoms with Gasteiger partial charge in [0.2, 0.25) is 0 Å². The number of rotatable bonds is 2. The number of nitrogens with one attached hydrogen (secondary N) is 2. The largest absolute Gasteiger partial charge is 0.357 e. The highest BCUT2D eigenvalue weighted by molar-refractivity contribution is 7.13. The van der Waals surface area contributed by atoms with Crippen molar-refractivity contribution in [2.24, 2.45) is 0 Å². The topological polar surface area (TPSA) is 37.0 Å². The lowest BCUT2D eigenvalue weighted by atomic mass is 10.3. The van der Waals surface area contributed by atoms with Gasteiger partial charge in [-0.05, 0) is 19.9 Å². The number of thiazole rings is 1. The standard InChI is InChI=1S/C8H13N3S/c1-6-5-12-8(10-6)11-7-2-3-9-4-7/h5,7,9H,2-4H2,1H3,(H,10,11). The van der Waals surface area contributed by atoms with Crippen molar-refractivity contribution in [1.29, 1.82) is 0 Å². The van der Waals surface area contributed by atoms with Crippen LogP contribution in [0.4, 0.5) is 5.13 Å². The Morgan fingerprint density at radius 2 is 2.67 bits per heavy atom. The molecular weight excluding hydrogens is 170 g/mol. The van der Waals surface area contributed by atoms with E-state index in [-0.39, 0.29) is 0 Å². The second kappa shape index (κ2) is 3.41. The lowest BCUT2D eigenvalue weighted by Gasteiger charge is -2.08. The zero-order chi connectivity index (χ0) is 8.39. The molecule has 1 aromatic rings. The Hall–Kier alpha value is -0.610. The molecule has 2 rings (SSSR count). The van der Waals surface area contributed by atoms with Crippen molar-refractivity contribution in [2.75, 3.05) is 18.4 Å². The Bertz CT molecular complexity index is 253. The minimum Gasteiger partial charge on any atom is -0.357 e. The molecule has 0 bridgehead atoms. The first kappa shape index (κ1) is 8.01. The van der Waals surface area contributed by atoms with Crippen LogP contribution < -0.4 is 10.6 Å². The highest BCUT2D eigenvalue weighted by atomic mass is 32.1. The lowest BCUT2D eigenvalue weighted by molar-refractivity contribution is 0.791. The quantitative estimate of drug-likeness (QED) is 0.724. The van der Waals surface area contributed by atoms with Crippen LogP contribution in [0, 0.1) is 6.92 Å². The van der Waals surface area contributed by atoms with Gasteiger partial charge >= 0.3 is 0 Å². The van der Waals surface area contributed by atoms with Crippen LogP contribution in [-0.2, 0) is 0 Å². The molecule has 2 heterocycles. The number of hydrogen-bond acceptors (Lipinski definition) is 4. The van der Waals surface area contributed by atoms with Gasteiger partial charge in [-0.3, -0.25) is 0 Å². The highest BCUT2D eigenvalue weighted by Gasteiger charge is 2.14. The Kier molecular flexibility index (Phi) is 2.28. The fourth-order valence-electron chi connectivity index (χ4n) is 1.37. The third-order valence-electron chi connectivity index (χ3n) is 2.01. The normalized spacial score (nSPS) is 22.9. The summed E-state index contributed by atoms with van der Waals surface area (Å²) < 4.78 is 0. The minimum absolute atomic E-state index is 0.579. The predicted molar refractivity (Wildman–Crippen MR) is 51.7 cm³/mol. The Labute approximate surface area is 76.2 Å². The number of aromatic nitrogens is 1. The average Bonchev–Trinajstić information content (AvgIpc) is 2.63. The van der Waals surface area contributed by atoms with Crippen molar-refractivity contribution in [1.82, 2.24) is 10.3 Å². The van der Waals surface area contributed by atoms with E-state index in [0.717, 1.165) is 23.9 Å². The van der Waals surface area contributed by atoms with Crippen molar-refractivity contribution in [3.05, 3.63) is 11.1 Å². The van der Waals surface area contributed by atoms with Crippen molar-refractivity contribution in [2.45, 2.75) is 19.4 Å². The summed E-state index contributed by atoms with van der Waals surface area (Å²) in [5, 5.41) is 9.85. The van der Waals surface area contributed by atoms with Gasteiger partial charge in [0.25, 0.3) is 0 Å². The second-order valence-electron chi connectivity index (χ2n) is 3.13. The van der Waals surface area contributed by atoms with Gasteiger partial charge in [-0.2, -0.15) is 0 Å². The molecule has 1 fully saturated rings. The molecule has 2 N–H and O–H groups in total. The van der Waals surface area contributed by atoms with Gasteiger partial charge in [0.05, 0.1) is 5.69 Å². The van der Waals surface area contributed by atoms with E-state index < -0.39 is 0 Å². The van der Waals surface area contributed by atoms with E-state index in [1.165, 1.54) is 6.42 Å². The van der Waals surface area contributed by atoms with Crippen LogP contribution in [-0.4, -0.2) is 24.1 Å². The fraction of sp³-hybridized carbons (Fsp3) is 0.625. The van der Waals surface area contributed by atoms with Gasteiger partial charge in [-0.1, -0.05) is 0 Å². The summed E-state index contributed by atoms with van der Waals surface area (Å²) in [6.45, 7) is 4.22. The van der Waals surface area contributed by atoms with Crippen molar-refractivity contribution >= 4 is 16.5 Å². The molecule has 0 radical (unpaired) electrons. The van der Waals surface area contributed by atoms with E-state index in [9.17, 15) is 0 Å². The summed E-state index contributed by atoms with van der Waals surface area (Å²) >= 11 is 1.69. The molecule has 66 valence electrons. The molecule has 1 aliphatic heterocycles. The minimum atomic E-state index is 0.579. The zero-order valence-electron chi connectivity index (χ0n) is 7.13. The van der Waals surface area contributed by atoms with E-state index in [1.54, 1.807) is 11.3 Å². The van der Waals surface area contributed by atoms with E-state index in [4.69, 9.17) is 0 Å². The SMILES string of the molecule is Cc1csc(NC2CCNC2)n1. The Balaban J connectivity index is 1.94. The molecule has 12 heavy (non-hydrogen) atoms. The summed E-state index contributed by atoms with van der Waals surface area (Å²) in [7, 11) is 0. The third kappa shape index (κ3) is 1.76. The van der Waals surface area contributed by atoms with Gasteiger partial charge in [-0.15, -0.1) is 11.3 Å². The molecule has 1 unspecified atom stereocenters. The van der Waals surface area contributed by atoms with Gasteiger partial charge < -0.3 is 10.6 Å². The zero-order valence-corrected chi connectivity index (χ0v) is 7.95. The molecular formula is C8H13N3S. The number of hydrogen-bond donors (Lipinski definition) is 2. The maximum atomic E-state index is 4.35. The summed E-state index contributed by atoms with van der Waals surface area (Å²) in [6, 6.07) is 0.579. The van der Waals surface area contributed by atoms with E-state index in [2.05, 4.69) is 21.0 Å². The van der Waals surface area contributed by atoms with E-state index in [0.29, 0.717) is 6.04 Å². The van der Waals surface area contributed by atoms with Crippen LogP contribution in [0.2, 0.25) is 0 Å². The van der Waals surface area contributed by atoms with Crippen LogP contribution >= 0.6 is 11.3 Å². The maximum absolute atomic E-state index is 4.35. The highest BCUT2D eigenvalue weighted by Crippen LogP contribution is 2.16. The molecule has 1 saturated heterocycles. The first-order chi connectivity index (χ1) is 5.84. The van der Waals surface area contributed by atoms with Gasteiger partial charge in [-0.25, -0.2) is 4.98 Å². The van der Waals surface area contributed by atoms with Crippen molar-refractivity contribution in [3.63, 3.8) is 0 Å². The van der Waals surface area contributed by atoms with Gasteiger partial charge in [0.15, 0.2) is 5.13 Å².